The number of rotatable bonds is 2. The lowest BCUT2D eigenvalue weighted by molar-refractivity contribution is 0.0696. The number of benzene rings is 1. The molecule has 18 heavy (non-hydrogen) atoms. The fourth-order valence-corrected chi connectivity index (χ4v) is 1.77. The second-order valence-electron chi connectivity index (χ2n) is 3.41. The van der Waals surface area contributed by atoms with Crippen molar-refractivity contribution in [2.24, 2.45) is 0 Å². The SMILES string of the molecule is O=C(O)c1cc(F)cc(-c2cc(Cl)nnc2Cl)c1. The summed E-state index contributed by atoms with van der Waals surface area (Å²) in [7, 11) is 0. The summed E-state index contributed by atoms with van der Waals surface area (Å²) in [6.07, 6.45) is 0. The highest BCUT2D eigenvalue weighted by atomic mass is 35.5. The van der Waals surface area contributed by atoms with Gasteiger partial charge in [-0.15, -0.1) is 10.2 Å². The number of halogens is 3. The molecule has 1 aromatic carbocycles. The number of carboxylic acids is 1. The van der Waals surface area contributed by atoms with Crippen LogP contribution < -0.4 is 0 Å². The molecular formula is C11H5Cl2FN2O2. The van der Waals surface area contributed by atoms with Crippen LogP contribution in [0.25, 0.3) is 11.1 Å². The van der Waals surface area contributed by atoms with Gasteiger partial charge in [-0.3, -0.25) is 0 Å². The zero-order valence-corrected chi connectivity index (χ0v) is 10.2. The molecule has 1 N–H and O–H groups in total. The molecule has 0 atom stereocenters. The van der Waals surface area contributed by atoms with Crippen molar-refractivity contribution in [3.63, 3.8) is 0 Å². The van der Waals surface area contributed by atoms with Crippen LogP contribution in [0, 0.1) is 5.82 Å². The molecule has 0 aliphatic heterocycles. The lowest BCUT2D eigenvalue weighted by atomic mass is 10.0. The Morgan fingerprint density at radius 3 is 2.56 bits per heavy atom. The smallest absolute Gasteiger partial charge is 0.335 e. The number of carboxylic acid groups (broad SMARTS) is 1. The average Bonchev–Trinajstić information content (AvgIpc) is 2.31. The van der Waals surface area contributed by atoms with E-state index in [1.807, 2.05) is 0 Å². The van der Waals surface area contributed by atoms with Gasteiger partial charge in [0.05, 0.1) is 5.56 Å². The van der Waals surface area contributed by atoms with Crippen LogP contribution in [-0.4, -0.2) is 21.3 Å². The predicted molar refractivity (Wildman–Crippen MR) is 64.4 cm³/mol. The van der Waals surface area contributed by atoms with Crippen molar-refractivity contribution >= 4 is 29.2 Å². The third-order valence-corrected chi connectivity index (χ3v) is 2.64. The van der Waals surface area contributed by atoms with Gasteiger partial charge in [-0.2, -0.15) is 0 Å². The minimum Gasteiger partial charge on any atom is -0.478 e. The number of nitrogens with zero attached hydrogens (tertiary/aromatic N) is 2. The zero-order valence-electron chi connectivity index (χ0n) is 8.69. The van der Waals surface area contributed by atoms with Crippen molar-refractivity contribution in [3.05, 3.63) is 46.0 Å². The molecule has 0 saturated carbocycles. The first kappa shape index (κ1) is 12.7. The summed E-state index contributed by atoms with van der Waals surface area (Å²) in [6, 6.07) is 4.73. The quantitative estimate of drug-likeness (QED) is 0.920. The maximum absolute atomic E-state index is 13.3. The molecule has 0 radical (unpaired) electrons. The molecule has 92 valence electrons. The Morgan fingerprint density at radius 2 is 1.89 bits per heavy atom. The van der Waals surface area contributed by atoms with Crippen molar-refractivity contribution in [1.29, 1.82) is 0 Å². The van der Waals surface area contributed by atoms with Gasteiger partial charge in [0, 0.05) is 5.56 Å². The summed E-state index contributed by atoms with van der Waals surface area (Å²) < 4.78 is 13.3. The van der Waals surface area contributed by atoms with E-state index in [0.29, 0.717) is 5.56 Å². The van der Waals surface area contributed by atoms with Crippen molar-refractivity contribution < 1.29 is 14.3 Å². The molecule has 2 aromatic rings. The Hall–Kier alpha value is -1.72. The van der Waals surface area contributed by atoms with Crippen LogP contribution >= 0.6 is 23.2 Å². The van der Waals surface area contributed by atoms with Gasteiger partial charge in [-0.05, 0) is 29.8 Å². The minimum absolute atomic E-state index is 0.0151. The van der Waals surface area contributed by atoms with Crippen LogP contribution in [0.4, 0.5) is 4.39 Å². The van der Waals surface area contributed by atoms with E-state index >= 15 is 0 Å². The van der Waals surface area contributed by atoms with Gasteiger partial charge < -0.3 is 5.11 Å². The molecule has 0 spiro atoms. The molecule has 0 bridgehead atoms. The Balaban J connectivity index is 2.63. The Morgan fingerprint density at radius 1 is 1.17 bits per heavy atom. The van der Waals surface area contributed by atoms with E-state index in [2.05, 4.69) is 10.2 Å². The zero-order chi connectivity index (χ0) is 13.3. The van der Waals surface area contributed by atoms with Crippen molar-refractivity contribution in [2.45, 2.75) is 0 Å². The lowest BCUT2D eigenvalue weighted by Crippen LogP contribution is -1.98. The van der Waals surface area contributed by atoms with E-state index in [-0.39, 0.29) is 21.4 Å². The fourth-order valence-electron chi connectivity index (χ4n) is 1.42. The van der Waals surface area contributed by atoms with Crippen molar-refractivity contribution in [1.82, 2.24) is 10.2 Å². The third-order valence-electron chi connectivity index (χ3n) is 2.17. The van der Waals surface area contributed by atoms with E-state index < -0.39 is 11.8 Å². The molecule has 0 amide bonds. The minimum atomic E-state index is -1.24. The molecule has 0 aliphatic carbocycles. The highest BCUT2D eigenvalue weighted by Gasteiger charge is 2.12. The summed E-state index contributed by atoms with van der Waals surface area (Å²) in [5, 5.41) is 16.0. The van der Waals surface area contributed by atoms with Gasteiger partial charge in [0.2, 0.25) is 0 Å². The van der Waals surface area contributed by atoms with Crippen LogP contribution in [0.1, 0.15) is 10.4 Å². The van der Waals surface area contributed by atoms with Gasteiger partial charge >= 0.3 is 5.97 Å². The van der Waals surface area contributed by atoms with Gasteiger partial charge in [0.1, 0.15) is 5.82 Å². The van der Waals surface area contributed by atoms with E-state index in [1.54, 1.807) is 0 Å². The standard InChI is InChI=1S/C11H5Cl2FN2O2/c12-9-4-8(10(13)16-15-9)5-1-6(11(17)18)3-7(14)2-5/h1-4H,(H,17,18). The maximum atomic E-state index is 13.3. The molecule has 1 aromatic heterocycles. The first-order valence-corrected chi connectivity index (χ1v) is 5.46. The molecule has 1 heterocycles. The third kappa shape index (κ3) is 2.57. The molecule has 0 unspecified atom stereocenters. The summed E-state index contributed by atoms with van der Waals surface area (Å²) in [6.45, 7) is 0. The molecule has 7 heteroatoms. The highest BCUT2D eigenvalue weighted by molar-refractivity contribution is 6.33. The molecule has 4 nitrogen and oxygen atoms in total. The fraction of sp³-hybridized carbons (Fsp3) is 0. The van der Waals surface area contributed by atoms with E-state index in [0.717, 1.165) is 12.1 Å². The number of carbonyl (C=O) groups is 1. The molecule has 0 fully saturated rings. The largest absolute Gasteiger partial charge is 0.478 e. The highest BCUT2D eigenvalue weighted by Crippen LogP contribution is 2.28. The molecule has 2 rings (SSSR count). The first-order chi connectivity index (χ1) is 8.47. The van der Waals surface area contributed by atoms with Crippen LogP contribution in [0.3, 0.4) is 0 Å². The van der Waals surface area contributed by atoms with Gasteiger partial charge in [-0.1, -0.05) is 23.2 Å². The first-order valence-electron chi connectivity index (χ1n) is 4.70. The van der Waals surface area contributed by atoms with E-state index in [1.165, 1.54) is 12.1 Å². The van der Waals surface area contributed by atoms with Crippen LogP contribution in [0.2, 0.25) is 10.3 Å². The summed E-state index contributed by atoms with van der Waals surface area (Å²) in [5.41, 5.74) is 0.405. The number of hydrogen-bond donors (Lipinski definition) is 1. The summed E-state index contributed by atoms with van der Waals surface area (Å²) in [5.74, 6) is -1.92. The number of aromatic nitrogens is 2. The lowest BCUT2D eigenvalue weighted by Gasteiger charge is -2.05. The average molecular weight is 287 g/mol. The Kier molecular flexibility index (Phi) is 3.45. The number of hydrogen-bond acceptors (Lipinski definition) is 3. The second kappa shape index (κ2) is 4.88. The van der Waals surface area contributed by atoms with Crippen LogP contribution in [-0.2, 0) is 0 Å². The monoisotopic (exact) mass is 286 g/mol. The van der Waals surface area contributed by atoms with E-state index in [4.69, 9.17) is 28.3 Å². The van der Waals surface area contributed by atoms with Crippen molar-refractivity contribution in [2.75, 3.05) is 0 Å². The number of aromatic carboxylic acids is 1. The molecule has 0 saturated heterocycles. The van der Waals surface area contributed by atoms with Crippen molar-refractivity contribution in [3.8, 4) is 11.1 Å². The topological polar surface area (TPSA) is 63.1 Å². The maximum Gasteiger partial charge on any atom is 0.335 e. The van der Waals surface area contributed by atoms with Gasteiger partial charge in [0.25, 0.3) is 0 Å². The Bertz CT molecular complexity index is 634. The molecular weight excluding hydrogens is 282 g/mol. The summed E-state index contributed by atoms with van der Waals surface area (Å²) >= 11 is 11.5. The van der Waals surface area contributed by atoms with E-state index in [9.17, 15) is 9.18 Å². The van der Waals surface area contributed by atoms with Crippen LogP contribution in [0.5, 0.6) is 0 Å². The normalized spacial score (nSPS) is 10.4. The second-order valence-corrected chi connectivity index (χ2v) is 4.15. The summed E-state index contributed by atoms with van der Waals surface area (Å²) in [4.78, 5) is 10.8. The van der Waals surface area contributed by atoms with Gasteiger partial charge in [-0.25, -0.2) is 9.18 Å². The predicted octanol–water partition coefficient (Wildman–Crippen LogP) is 3.29. The van der Waals surface area contributed by atoms with Crippen LogP contribution in [0.15, 0.2) is 24.3 Å². The van der Waals surface area contributed by atoms with Gasteiger partial charge in [0.15, 0.2) is 10.3 Å². The molecule has 0 aliphatic rings. The Labute approximate surface area is 111 Å².